The molecule has 1 N–H and O–H groups in total. The minimum absolute atomic E-state index is 0.0274. The van der Waals surface area contributed by atoms with E-state index in [0.717, 1.165) is 27.9 Å². The lowest BCUT2D eigenvalue weighted by Crippen LogP contribution is -2.35. The van der Waals surface area contributed by atoms with Gasteiger partial charge in [-0.3, -0.25) is 10.2 Å². The van der Waals surface area contributed by atoms with E-state index in [0.29, 0.717) is 17.1 Å². The number of aryl methyl sites for hydroxylation is 1. The molecule has 2 aromatic carbocycles. The molecular formula is C23H21ClN4O5S2. The van der Waals surface area contributed by atoms with Crippen LogP contribution in [0.1, 0.15) is 23.6 Å². The second-order valence-corrected chi connectivity index (χ2v) is 11.4. The van der Waals surface area contributed by atoms with Crippen LogP contribution < -0.4 is 9.47 Å². The van der Waals surface area contributed by atoms with Gasteiger partial charge in [0.15, 0.2) is 17.3 Å². The predicted octanol–water partition coefficient (Wildman–Crippen LogP) is 4.25. The van der Waals surface area contributed by atoms with Crippen molar-refractivity contribution in [2.75, 3.05) is 12.9 Å². The number of hydrogen-bond donors (Lipinski definition) is 1. The fraction of sp³-hybridized carbons (Fsp3) is 0.217. The van der Waals surface area contributed by atoms with Crippen molar-refractivity contribution < 1.29 is 22.7 Å². The van der Waals surface area contributed by atoms with Gasteiger partial charge in [-0.05, 0) is 48.0 Å². The Balaban J connectivity index is 1.62. The third-order valence-corrected chi connectivity index (χ3v) is 8.52. The van der Waals surface area contributed by atoms with E-state index < -0.39 is 15.7 Å². The lowest BCUT2D eigenvalue weighted by atomic mass is 10.1. The second kappa shape index (κ2) is 9.84. The number of ether oxygens (including phenoxy) is 2. The first-order valence-electron chi connectivity index (χ1n) is 10.4. The summed E-state index contributed by atoms with van der Waals surface area (Å²) in [4.78, 5) is 16.6. The smallest absolute Gasteiger partial charge is 0.283 e. The van der Waals surface area contributed by atoms with Crippen LogP contribution in [0, 0.1) is 12.3 Å². The van der Waals surface area contributed by atoms with Crippen LogP contribution in [-0.4, -0.2) is 47.6 Å². The summed E-state index contributed by atoms with van der Waals surface area (Å²) < 4.78 is 35.5. The van der Waals surface area contributed by atoms with Crippen molar-refractivity contribution in [3.63, 3.8) is 0 Å². The molecular weight excluding hydrogens is 512 g/mol. The van der Waals surface area contributed by atoms with E-state index >= 15 is 0 Å². The van der Waals surface area contributed by atoms with Crippen LogP contribution in [0.4, 0.5) is 0 Å². The summed E-state index contributed by atoms with van der Waals surface area (Å²) >= 11 is 7.22. The lowest BCUT2D eigenvalue weighted by Gasteiger charge is -2.20. The van der Waals surface area contributed by atoms with E-state index in [1.165, 1.54) is 20.1 Å². The summed E-state index contributed by atoms with van der Waals surface area (Å²) in [5, 5.41) is 13.7. The van der Waals surface area contributed by atoms with Crippen molar-refractivity contribution in [3.05, 3.63) is 63.7 Å². The largest absolute Gasteiger partial charge is 0.493 e. The Hall–Kier alpha value is -3.15. The Labute approximate surface area is 211 Å². The monoisotopic (exact) mass is 532 g/mol. The molecule has 2 aliphatic rings. The highest BCUT2D eigenvalue weighted by atomic mass is 35.5. The molecule has 0 unspecified atom stereocenters. The number of thioether (sulfide) groups is 1. The topological polar surface area (TPSA) is 121 Å². The summed E-state index contributed by atoms with van der Waals surface area (Å²) in [5.74, 6) is -0.434. The Bertz CT molecular complexity index is 1420. The average molecular weight is 533 g/mol. The number of rotatable bonds is 6. The van der Waals surface area contributed by atoms with Gasteiger partial charge in [0.25, 0.3) is 5.91 Å². The molecule has 1 amide bonds. The molecule has 0 radical (unpaired) electrons. The Morgan fingerprint density at radius 3 is 2.60 bits per heavy atom. The number of sulfone groups is 1. The van der Waals surface area contributed by atoms with Crippen LogP contribution >= 0.6 is 23.4 Å². The summed E-state index contributed by atoms with van der Waals surface area (Å²) in [6.45, 7) is 3.78. The van der Waals surface area contributed by atoms with Gasteiger partial charge in [0.05, 0.1) is 23.5 Å². The van der Waals surface area contributed by atoms with Crippen LogP contribution in [0.5, 0.6) is 11.5 Å². The molecule has 0 atom stereocenters. The first kappa shape index (κ1) is 25.0. The number of carbonyl (C=O) groups excluding carboxylic acids is 1. The number of nitrogens with one attached hydrogen (secondary N) is 1. The standard InChI is InChI=1S/C23H21ClN4O5S2/c1-4-35(30,31)23-27-28-20(25)16(21(29)26-22(28)34-23)9-15-10-17(24)19(18(11-15)32-3)33-12-14-7-5-13(2)6-8-14/h5-11,25H,4,12H2,1-3H3/b16-9+,25-20?. The highest BCUT2D eigenvalue weighted by Crippen LogP contribution is 2.38. The minimum Gasteiger partial charge on any atom is -0.493 e. The molecule has 2 heterocycles. The zero-order valence-corrected chi connectivity index (χ0v) is 21.4. The summed E-state index contributed by atoms with van der Waals surface area (Å²) in [6, 6.07) is 11.1. The number of hydrogen-bond acceptors (Lipinski definition) is 8. The maximum atomic E-state index is 12.6. The second-order valence-electron chi connectivity index (χ2n) is 7.60. The first-order chi connectivity index (χ1) is 16.6. The number of amides is 1. The van der Waals surface area contributed by atoms with Crippen LogP contribution in [-0.2, 0) is 21.2 Å². The minimum atomic E-state index is -3.61. The summed E-state index contributed by atoms with van der Waals surface area (Å²) in [6.07, 6.45) is 1.43. The number of halogens is 1. The Morgan fingerprint density at radius 1 is 1.23 bits per heavy atom. The van der Waals surface area contributed by atoms with Gasteiger partial charge in [-0.15, -0.1) is 5.10 Å². The number of methoxy groups -OCH3 is 1. The van der Waals surface area contributed by atoms with E-state index in [1.54, 1.807) is 12.1 Å². The number of fused-ring (bicyclic) bond motifs is 1. The molecule has 2 aromatic rings. The zero-order valence-electron chi connectivity index (χ0n) is 19.0. The van der Waals surface area contributed by atoms with Gasteiger partial charge < -0.3 is 9.47 Å². The third kappa shape index (κ3) is 5.12. The van der Waals surface area contributed by atoms with Crippen LogP contribution in [0.2, 0.25) is 5.02 Å². The van der Waals surface area contributed by atoms with Gasteiger partial charge in [0.1, 0.15) is 6.61 Å². The van der Waals surface area contributed by atoms with Crippen molar-refractivity contribution in [1.29, 1.82) is 5.41 Å². The summed E-state index contributed by atoms with van der Waals surface area (Å²) in [5.41, 5.74) is 2.50. The Kier molecular flexibility index (Phi) is 7.02. The van der Waals surface area contributed by atoms with Crippen molar-refractivity contribution in [1.82, 2.24) is 5.01 Å². The molecule has 12 heteroatoms. The van der Waals surface area contributed by atoms with Crippen molar-refractivity contribution >= 4 is 60.6 Å². The molecule has 0 aromatic heterocycles. The molecule has 0 fully saturated rings. The third-order valence-electron chi connectivity index (χ3n) is 5.15. The molecule has 9 nitrogen and oxygen atoms in total. The van der Waals surface area contributed by atoms with Crippen molar-refractivity contribution in [3.8, 4) is 11.5 Å². The van der Waals surface area contributed by atoms with E-state index in [1.807, 2.05) is 31.2 Å². The van der Waals surface area contributed by atoms with E-state index in [4.69, 9.17) is 26.5 Å². The van der Waals surface area contributed by atoms with Gasteiger partial charge in [0.2, 0.25) is 19.4 Å². The van der Waals surface area contributed by atoms with Gasteiger partial charge in [0, 0.05) is 0 Å². The average Bonchev–Trinajstić information content (AvgIpc) is 3.27. The quantitative estimate of drug-likeness (QED) is 0.552. The van der Waals surface area contributed by atoms with Gasteiger partial charge >= 0.3 is 0 Å². The maximum absolute atomic E-state index is 12.6. The SMILES string of the molecule is CCS(=O)(=O)C1=NN2C(=N)/C(=C\c3cc(Cl)c(OCc4ccc(C)cc4)c(OC)c3)C(=O)N=C2S1. The highest BCUT2D eigenvalue weighted by molar-refractivity contribution is 8.42. The molecule has 0 saturated carbocycles. The van der Waals surface area contributed by atoms with Crippen molar-refractivity contribution in [2.24, 2.45) is 10.1 Å². The van der Waals surface area contributed by atoms with E-state index in [2.05, 4.69) is 10.1 Å². The highest BCUT2D eigenvalue weighted by Gasteiger charge is 2.39. The predicted molar refractivity (Wildman–Crippen MR) is 138 cm³/mol. The number of nitrogens with zero attached hydrogens (tertiary/aromatic N) is 3. The van der Waals surface area contributed by atoms with Crippen LogP contribution in [0.25, 0.3) is 6.08 Å². The van der Waals surface area contributed by atoms with Gasteiger partial charge in [-0.25, -0.2) is 8.42 Å². The maximum Gasteiger partial charge on any atom is 0.283 e. The molecule has 0 aliphatic carbocycles. The first-order valence-corrected chi connectivity index (χ1v) is 13.3. The Morgan fingerprint density at radius 2 is 1.94 bits per heavy atom. The zero-order chi connectivity index (χ0) is 25.3. The molecule has 2 aliphatic heterocycles. The molecule has 4 rings (SSSR count). The molecule has 182 valence electrons. The fourth-order valence-electron chi connectivity index (χ4n) is 3.19. The molecule has 0 saturated heterocycles. The molecule has 35 heavy (non-hydrogen) atoms. The molecule has 0 spiro atoms. The van der Waals surface area contributed by atoms with Crippen molar-refractivity contribution in [2.45, 2.75) is 20.5 Å². The summed E-state index contributed by atoms with van der Waals surface area (Å²) in [7, 11) is -2.14. The fourth-order valence-corrected chi connectivity index (χ4v) is 5.63. The number of carbonyl (C=O) groups is 1. The van der Waals surface area contributed by atoms with Crippen LogP contribution in [0.15, 0.2) is 52.1 Å². The lowest BCUT2D eigenvalue weighted by molar-refractivity contribution is -0.114. The number of hydrazone groups is 1. The van der Waals surface area contributed by atoms with Gasteiger partial charge in [-0.2, -0.15) is 10.0 Å². The molecule has 0 bridgehead atoms. The van der Waals surface area contributed by atoms with E-state index in [9.17, 15) is 13.2 Å². The normalized spacial score (nSPS) is 16.8. The van der Waals surface area contributed by atoms with Gasteiger partial charge in [-0.1, -0.05) is 48.4 Å². The van der Waals surface area contributed by atoms with Crippen LogP contribution in [0.3, 0.4) is 0 Å². The number of aliphatic imine (C=N–C) groups is 1. The van der Waals surface area contributed by atoms with E-state index in [-0.39, 0.29) is 38.3 Å². The number of benzene rings is 2. The number of amidine groups is 2.